The van der Waals surface area contributed by atoms with Gasteiger partial charge in [0, 0.05) is 31.0 Å². The lowest BCUT2D eigenvalue weighted by molar-refractivity contribution is 0.102. The first kappa shape index (κ1) is 15.8. The quantitative estimate of drug-likeness (QED) is 0.617. The van der Waals surface area contributed by atoms with Gasteiger partial charge < -0.3 is 14.5 Å². The third-order valence-corrected chi connectivity index (χ3v) is 4.01. The Bertz CT molecular complexity index is 1050. The summed E-state index contributed by atoms with van der Waals surface area (Å²) in [5.41, 5.74) is 2.68. The molecule has 0 aliphatic carbocycles. The molecule has 0 bridgehead atoms. The Morgan fingerprint density at radius 2 is 1.92 bits per heavy atom. The molecule has 0 saturated carbocycles. The van der Waals surface area contributed by atoms with Gasteiger partial charge in [-0.3, -0.25) is 9.78 Å². The van der Waals surface area contributed by atoms with E-state index in [2.05, 4.69) is 20.3 Å². The predicted molar refractivity (Wildman–Crippen MR) is 97.6 cm³/mol. The fourth-order valence-corrected chi connectivity index (χ4v) is 2.74. The highest BCUT2D eigenvalue weighted by Crippen LogP contribution is 2.20. The van der Waals surface area contributed by atoms with Gasteiger partial charge in [-0.05, 0) is 31.2 Å². The SMILES string of the molecule is Cc1nccn1-c1ccnc(C(=O)Nc2ccccc2-n2ccnc2)c1. The summed E-state index contributed by atoms with van der Waals surface area (Å²) in [4.78, 5) is 25.2. The highest BCUT2D eigenvalue weighted by Gasteiger charge is 2.12. The van der Waals surface area contributed by atoms with Crippen LogP contribution in [0.25, 0.3) is 11.4 Å². The van der Waals surface area contributed by atoms with E-state index in [9.17, 15) is 4.79 Å². The summed E-state index contributed by atoms with van der Waals surface area (Å²) >= 11 is 0. The highest BCUT2D eigenvalue weighted by molar-refractivity contribution is 6.04. The average molecular weight is 344 g/mol. The molecule has 1 aromatic carbocycles. The van der Waals surface area contributed by atoms with Gasteiger partial charge in [-0.15, -0.1) is 0 Å². The van der Waals surface area contributed by atoms with Crippen LogP contribution < -0.4 is 5.32 Å². The second kappa shape index (κ2) is 6.64. The molecular weight excluding hydrogens is 328 g/mol. The Hall–Kier alpha value is -3.74. The van der Waals surface area contributed by atoms with Crippen LogP contribution in [0.1, 0.15) is 16.3 Å². The minimum atomic E-state index is -0.280. The minimum Gasteiger partial charge on any atom is -0.319 e. The summed E-state index contributed by atoms with van der Waals surface area (Å²) in [6.07, 6.45) is 10.4. The molecule has 26 heavy (non-hydrogen) atoms. The fraction of sp³-hybridized carbons (Fsp3) is 0.0526. The van der Waals surface area contributed by atoms with Gasteiger partial charge in [-0.1, -0.05) is 12.1 Å². The van der Waals surface area contributed by atoms with Crippen molar-refractivity contribution in [2.75, 3.05) is 5.32 Å². The molecule has 4 aromatic rings. The normalized spacial score (nSPS) is 10.7. The zero-order valence-corrected chi connectivity index (χ0v) is 14.1. The van der Waals surface area contributed by atoms with E-state index in [-0.39, 0.29) is 5.91 Å². The monoisotopic (exact) mass is 344 g/mol. The number of para-hydroxylation sites is 2. The van der Waals surface area contributed by atoms with Gasteiger partial charge in [0.25, 0.3) is 5.91 Å². The maximum Gasteiger partial charge on any atom is 0.274 e. The van der Waals surface area contributed by atoms with Crippen LogP contribution in [-0.4, -0.2) is 30.0 Å². The summed E-state index contributed by atoms with van der Waals surface area (Å²) in [5.74, 6) is 0.560. The number of pyridine rings is 1. The van der Waals surface area contributed by atoms with E-state index in [0.717, 1.165) is 17.2 Å². The van der Waals surface area contributed by atoms with Crippen LogP contribution in [-0.2, 0) is 0 Å². The first-order valence-corrected chi connectivity index (χ1v) is 8.07. The Morgan fingerprint density at radius 3 is 2.69 bits per heavy atom. The molecule has 3 heterocycles. The first-order valence-electron chi connectivity index (χ1n) is 8.07. The number of benzene rings is 1. The number of hydrogen-bond acceptors (Lipinski definition) is 4. The van der Waals surface area contributed by atoms with E-state index in [1.807, 2.05) is 58.8 Å². The van der Waals surface area contributed by atoms with Crippen molar-refractivity contribution >= 4 is 11.6 Å². The number of carbonyl (C=O) groups excluding carboxylic acids is 1. The lowest BCUT2D eigenvalue weighted by atomic mass is 10.2. The highest BCUT2D eigenvalue weighted by atomic mass is 16.1. The second-order valence-electron chi connectivity index (χ2n) is 5.68. The van der Waals surface area contributed by atoms with Crippen LogP contribution in [0.2, 0.25) is 0 Å². The summed E-state index contributed by atoms with van der Waals surface area (Å²) in [5, 5.41) is 2.93. The number of aryl methyl sites for hydroxylation is 1. The van der Waals surface area contributed by atoms with Crippen LogP contribution in [0.3, 0.4) is 0 Å². The molecule has 7 heteroatoms. The standard InChI is InChI=1S/C19H16N6O/c1-14-21-9-11-25(14)15-6-7-22-17(12-15)19(26)23-16-4-2-3-5-18(16)24-10-8-20-13-24/h2-13H,1H3,(H,23,26). The van der Waals surface area contributed by atoms with E-state index < -0.39 is 0 Å². The van der Waals surface area contributed by atoms with Gasteiger partial charge in [0.2, 0.25) is 0 Å². The largest absolute Gasteiger partial charge is 0.319 e. The molecule has 0 saturated heterocycles. The molecule has 0 spiro atoms. The van der Waals surface area contributed by atoms with Crippen LogP contribution in [0.15, 0.2) is 73.7 Å². The summed E-state index contributed by atoms with van der Waals surface area (Å²) in [6, 6.07) is 11.1. The van der Waals surface area contributed by atoms with Crippen molar-refractivity contribution < 1.29 is 4.79 Å². The minimum absolute atomic E-state index is 0.280. The zero-order chi connectivity index (χ0) is 17.9. The van der Waals surface area contributed by atoms with Gasteiger partial charge in [0.1, 0.15) is 11.5 Å². The number of imidazole rings is 2. The Morgan fingerprint density at radius 1 is 1.04 bits per heavy atom. The first-order chi connectivity index (χ1) is 12.7. The molecule has 1 N–H and O–H groups in total. The zero-order valence-electron chi connectivity index (χ0n) is 14.1. The van der Waals surface area contributed by atoms with Gasteiger partial charge in [-0.2, -0.15) is 0 Å². The second-order valence-corrected chi connectivity index (χ2v) is 5.68. The summed E-state index contributed by atoms with van der Waals surface area (Å²) < 4.78 is 3.74. The van der Waals surface area contributed by atoms with Crippen molar-refractivity contribution in [2.45, 2.75) is 6.92 Å². The molecule has 7 nitrogen and oxygen atoms in total. The molecule has 128 valence electrons. The van der Waals surface area contributed by atoms with Crippen LogP contribution >= 0.6 is 0 Å². The van der Waals surface area contributed by atoms with E-state index >= 15 is 0 Å². The van der Waals surface area contributed by atoms with E-state index in [1.165, 1.54) is 0 Å². The van der Waals surface area contributed by atoms with Crippen LogP contribution in [0, 0.1) is 6.92 Å². The molecule has 4 rings (SSSR count). The van der Waals surface area contributed by atoms with Crippen LogP contribution in [0.4, 0.5) is 5.69 Å². The number of aromatic nitrogens is 5. The van der Waals surface area contributed by atoms with Crippen molar-refractivity contribution in [2.24, 2.45) is 0 Å². The van der Waals surface area contributed by atoms with Crippen LogP contribution in [0.5, 0.6) is 0 Å². The lowest BCUT2D eigenvalue weighted by Crippen LogP contribution is -2.15. The maximum absolute atomic E-state index is 12.7. The van der Waals surface area contributed by atoms with Crippen molar-refractivity contribution in [3.8, 4) is 11.4 Å². The molecule has 0 aliphatic rings. The molecule has 3 aromatic heterocycles. The summed E-state index contributed by atoms with van der Waals surface area (Å²) in [6.45, 7) is 1.90. The average Bonchev–Trinajstić information content (AvgIpc) is 3.34. The molecule has 0 fully saturated rings. The molecule has 0 unspecified atom stereocenters. The molecule has 0 aliphatic heterocycles. The number of carbonyl (C=O) groups is 1. The number of rotatable bonds is 4. The Balaban J connectivity index is 1.63. The molecule has 1 amide bonds. The van der Waals surface area contributed by atoms with Crippen molar-refractivity contribution in [3.63, 3.8) is 0 Å². The third kappa shape index (κ3) is 2.98. The number of hydrogen-bond donors (Lipinski definition) is 1. The Labute approximate surface area is 150 Å². The van der Waals surface area contributed by atoms with Crippen molar-refractivity contribution in [1.29, 1.82) is 0 Å². The predicted octanol–water partition coefficient (Wildman–Crippen LogP) is 3.01. The molecule has 0 atom stereocenters. The number of anilines is 1. The fourth-order valence-electron chi connectivity index (χ4n) is 2.74. The van der Waals surface area contributed by atoms with Gasteiger partial charge >= 0.3 is 0 Å². The Kier molecular flexibility index (Phi) is 4.03. The van der Waals surface area contributed by atoms with Gasteiger partial charge in [0.15, 0.2) is 0 Å². The van der Waals surface area contributed by atoms with E-state index in [0.29, 0.717) is 11.4 Å². The van der Waals surface area contributed by atoms with Crippen molar-refractivity contribution in [3.05, 3.63) is 85.2 Å². The third-order valence-electron chi connectivity index (χ3n) is 4.01. The van der Waals surface area contributed by atoms with E-state index in [1.54, 1.807) is 31.0 Å². The number of nitrogens with one attached hydrogen (secondary N) is 1. The van der Waals surface area contributed by atoms with Gasteiger partial charge in [-0.25, -0.2) is 9.97 Å². The van der Waals surface area contributed by atoms with E-state index in [4.69, 9.17) is 0 Å². The summed E-state index contributed by atoms with van der Waals surface area (Å²) in [7, 11) is 0. The maximum atomic E-state index is 12.7. The topological polar surface area (TPSA) is 77.6 Å². The number of amides is 1. The molecular formula is C19H16N6O. The lowest BCUT2D eigenvalue weighted by Gasteiger charge is -2.12. The molecule has 0 radical (unpaired) electrons. The number of nitrogens with zero attached hydrogens (tertiary/aromatic N) is 5. The van der Waals surface area contributed by atoms with Crippen molar-refractivity contribution in [1.82, 2.24) is 24.1 Å². The van der Waals surface area contributed by atoms with Gasteiger partial charge in [0.05, 0.1) is 23.4 Å². The smallest absolute Gasteiger partial charge is 0.274 e.